The average molecular weight is 540 g/mol. The highest BCUT2D eigenvalue weighted by molar-refractivity contribution is 5.80. The molecular weight excluding hydrogens is 509 g/mol. The standard InChI is InChI=1S/C30H30FN7O2/c1-2-40-25-12-13-27-22(18-25)19-26(30(39)32-27)28(37-16-14-36(15-17-37)24-6-4-3-5-7-24)29-33-34-35-38(29)20-21-8-10-23(31)11-9-21/h3-13,18-19,28H,2,14-17,20H2,1H3,(H,32,39). The summed E-state index contributed by atoms with van der Waals surface area (Å²) in [6.45, 7) is 5.84. The second kappa shape index (κ2) is 11.3. The molecule has 0 spiro atoms. The third-order valence-corrected chi connectivity index (χ3v) is 7.30. The van der Waals surface area contributed by atoms with Crippen molar-refractivity contribution in [3.05, 3.63) is 112 Å². The SMILES string of the molecule is CCOc1ccc2[nH]c(=O)c(C(c3nnnn3Cc3ccc(F)cc3)N3CCN(c4ccccc4)CC3)cc2c1. The van der Waals surface area contributed by atoms with E-state index < -0.39 is 6.04 Å². The zero-order chi connectivity index (χ0) is 27.5. The van der Waals surface area contributed by atoms with Crippen LogP contribution >= 0.6 is 0 Å². The minimum absolute atomic E-state index is 0.191. The van der Waals surface area contributed by atoms with E-state index in [1.165, 1.54) is 17.8 Å². The lowest BCUT2D eigenvalue weighted by atomic mass is 10.0. The molecular formula is C30H30FN7O2. The first-order valence-electron chi connectivity index (χ1n) is 13.4. The number of fused-ring (bicyclic) bond motifs is 1. The van der Waals surface area contributed by atoms with Gasteiger partial charge in [-0.3, -0.25) is 9.69 Å². The molecule has 204 valence electrons. The van der Waals surface area contributed by atoms with E-state index in [0.717, 1.165) is 35.3 Å². The van der Waals surface area contributed by atoms with Gasteiger partial charge >= 0.3 is 0 Å². The van der Waals surface area contributed by atoms with E-state index in [0.29, 0.717) is 37.6 Å². The fourth-order valence-electron chi connectivity index (χ4n) is 5.32. The average Bonchev–Trinajstić information content (AvgIpc) is 3.43. The highest BCUT2D eigenvalue weighted by Crippen LogP contribution is 2.30. The number of para-hydroxylation sites is 1. The molecule has 3 aromatic carbocycles. The minimum Gasteiger partial charge on any atom is -0.494 e. The lowest BCUT2D eigenvalue weighted by Gasteiger charge is -2.39. The normalized spacial score (nSPS) is 14.9. The van der Waals surface area contributed by atoms with Crippen LogP contribution in [0.5, 0.6) is 5.75 Å². The molecule has 0 aliphatic carbocycles. The van der Waals surface area contributed by atoms with Gasteiger partial charge in [0, 0.05) is 48.3 Å². The maximum absolute atomic E-state index is 13.6. The number of H-pyrrole nitrogens is 1. The van der Waals surface area contributed by atoms with Gasteiger partial charge in [-0.1, -0.05) is 30.3 Å². The summed E-state index contributed by atoms with van der Waals surface area (Å²) in [5.74, 6) is 0.995. The Bertz CT molecular complexity index is 1640. The number of ether oxygens (including phenoxy) is 1. The molecule has 1 aliphatic rings. The summed E-state index contributed by atoms with van der Waals surface area (Å²) in [5.41, 5.74) is 3.13. The molecule has 1 fully saturated rings. The monoisotopic (exact) mass is 539 g/mol. The Balaban J connectivity index is 1.39. The fourth-order valence-corrected chi connectivity index (χ4v) is 5.32. The van der Waals surface area contributed by atoms with Crippen LogP contribution in [0.15, 0.2) is 83.7 Å². The van der Waals surface area contributed by atoms with Crippen LogP contribution < -0.4 is 15.2 Å². The maximum atomic E-state index is 13.6. The van der Waals surface area contributed by atoms with Crippen LogP contribution in [-0.4, -0.2) is 62.9 Å². The molecule has 5 aromatic rings. The van der Waals surface area contributed by atoms with Gasteiger partial charge in [0.15, 0.2) is 5.82 Å². The van der Waals surface area contributed by atoms with Crippen LogP contribution in [0.2, 0.25) is 0 Å². The number of halogens is 1. The third-order valence-electron chi connectivity index (χ3n) is 7.30. The predicted molar refractivity (Wildman–Crippen MR) is 151 cm³/mol. The Morgan fingerprint density at radius 2 is 1.75 bits per heavy atom. The number of nitrogens with zero attached hydrogens (tertiary/aromatic N) is 6. The quantitative estimate of drug-likeness (QED) is 0.319. The van der Waals surface area contributed by atoms with Gasteiger partial charge < -0.3 is 14.6 Å². The number of nitrogens with one attached hydrogen (secondary N) is 1. The van der Waals surface area contributed by atoms with Gasteiger partial charge in [0.05, 0.1) is 13.2 Å². The number of hydrogen-bond acceptors (Lipinski definition) is 7. The van der Waals surface area contributed by atoms with Crippen LogP contribution in [-0.2, 0) is 6.54 Å². The maximum Gasteiger partial charge on any atom is 0.253 e. The van der Waals surface area contributed by atoms with Crippen LogP contribution in [0.25, 0.3) is 10.9 Å². The van der Waals surface area contributed by atoms with E-state index in [9.17, 15) is 9.18 Å². The number of benzene rings is 3. The zero-order valence-electron chi connectivity index (χ0n) is 22.2. The first-order chi connectivity index (χ1) is 19.6. The summed E-state index contributed by atoms with van der Waals surface area (Å²) in [4.78, 5) is 21.2. The smallest absolute Gasteiger partial charge is 0.253 e. The summed E-state index contributed by atoms with van der Waals surface area (Å²) >= 11 is 0. The molecule has 0 saturated carbocycles. The number of aromatic amines is 1. The molecule has 6 rings (SSSR count). The molecule has 1 atom stereocenters. The number of piperazine rings is 1. The van der Waals surface area contributed by atoms with E-state index in [1.54, 1.807) is 16.8 Å². The van der Waals surface area contributed by atoms with Crippen molar-refractivity contribution in [1.29, 1.82) is 0 Å². The number of hydrogen-bond donors (Lipinski definition) is 1. The highest BCUT2D eigenvalue weighted by Gasteiger charge is 2.33. The Morgan fingerprint density at radius 3 is 2.50 bits per heavy atom. The Morgan fingerprint density at radius 1 is 0.975 bits per heavy atom. The number of aromatic nitrogens is 5. The highest BCUT2D eigenvalue weighted by atomic mass is 19.1. The molecule has 1 unspecified atom stereocenters. The van der Waals surface area contributed by atoms with Gasteiger partial charge in [0.25, 0.3) is 5.56 Å². The van der Waals surface area contributed by atoms with Gasteiger partial charge in [-0.25, -0.2) is 9.07 Å². The van der Waals surface area contributed by atoms with Crippen molar-refractivity contribution in [2.75, 3.05) is 37.7 Å². The molecule has 1 N–H and O–H groups in total. The van der Waals surface area contributed by atoms with Crippen molar-refractivity contribution < 1.29 is 9.13 Å². The molecule has 9 nitrogen and oxygen atoms in total. The van der Waals surface area contributed by atoms with Crippen molar-refractivity contribution in [2.24, 2.45) is 0 Å². The number of tetrazole rings is 1. The number of anilines is 1. The van der Waals surface area contributed by atoms with E-state index >= 15 is 0 Å². The minimum atomic E-state index is -0.489. The van der Waals surface area contributed by atoms with Crippen LogP contribution in [0.3, 0.4) is 0 Å². The van der Waals surface area contributed by atoms with Gasteiger partial charge in [-0.2, -0.15) is 0 Å². The summed E-state index contributed by atoms with van der Waals surface area (Å²) in [7, 11) is 0. The topological polar surface area (TPSA) is 92.2 Å². The van der Waals surface area contributed by atoms with Crippen LogP contribution in [0.4, 0.5) is 10.1 Å². The first-order valence-corrected chi connectivity index (χ1v) is 13.4. The molecule has 1 aliphatic heterocycles. The van der Waals surface area contributed by atoms with Crippen molar-refractivity contribution >= 4 is 16.6 Å². The van der Waals surface area contributed by atoms with Crippen LogP contribution in [0.1, 0.15) is 29.9 Å². The van der Waals surface area contributed by atoms with E-state index in [2.05, 4.69) is 42.4 Å². The third kappa shape index (κ3) is 5.30. The van der Waals surface area contributed by atoms with Crippen LogP contribution in [0, 0.1) is 5.82 Å². The van der Waals surface area contributed by atoms with Crippen molar-refractivity contribution in [2.45, 2.75) is 19.5 Å². The zero-order valence-corrected chi connectivity index (χ0v) is 22.2. The second-order valence-corrected chi connectivity index (χ2v) is 9.82. The van der Waals surface area contributed by atoms with E-state index in [-0.39, 0.29) is 11.4 Å². The Hall–Kier alpha value is -4.57. The largest absolute Gasteiger partial charge is 0.494 e. The Kier molecular flexibility index (Phi) is 7.24. The fraction of sp³-hybridized carbons (Fsp3) is 0.267. The predicted octanol–water partition coefficient (Wildman–Crippen LogP) is 4.01. The molecule has 2 aromatic heterocycles. The van der Waals surface area contributed by atoms with Crippen molar-refractivity contribution in [1.82, 2.24) is 30.1 Å². The molecule has 0 radical (unpaired) electrons. The molecule has 0 amide bonds. The van der Waals surface area contributed by atoms with Crippen molar-refractivity contribution in [3.63, 3.8) is 0 Å². The molecule has 0 bridgehead atoms. The first kappa shape index (κ1) is 25.7. The van der Waals surface area contributed by atoms with E-state index in [1.807, 2.05) is 49.4 Å². The van der Waals surface area contributed by atoms with E-state index in [4.69, 9.17) is 4.74 Å². The summed E-state index contributed by atoms with van der Waals surface area (Å²) in [5, 5.41) is 13.5. The summed E-state index contributed by atoms with van der Waals surface area (Å²) < 4.78 is 20.9. The molecule has 10 heteroatoms. The van der Waals surface area contributed by atoms with Gasteiger partial charge in [-0.15, -0.1) is 5.10 Å². The lowest BCUT2D eigenvalue weighted by Crippen LogP contribution is -2.49. The van der Waals surface area contributed by atoms with Gasteiger partial charge in [-0.05, 0) is 71.4 Å². The van der Waals surface area contributed by atoms with Gasteiger partial charge in [0.1, 0.15) is 17.6 Å². The number of rotatable bonds is 8. The summed E-state index contributed by atoms with van der Waals surface area (Å²) in [6.07, 6.45) is 0. The number of pyridine rings is 1. The molecule has 3 heterocycles. The Labute approximate surface area is 230 Å². The molecule has 40 heavy (non-hydrogen) atoms. The lowest BCUT2D eigenvalue weighted by molar-refractivity contribution is 0.200. The molecule has 1 saturated heterocycles. The van der Waals surface area contributed by atoms with Crippen molar-refractivity contribution in [3.8, 4) is 5.75 Å². The van der Waals surface area contributed by atoms with Gasteiger partial charge in [0.2, 0.25) is 0 Å². The summed E-state index contributed by atoms with van der Waals surface area (Å²) in [6, 6.07) is 23.7. The second-order valence-electron chi connectivity index (χ2n) is 9.82.